The molecule has 3 rings (SSSR count). The van der Waals surface area contributed by atoms with Crippen molar-refractivity contribution in [2.45, 2.75) is 33.2 Å². The van der Waals surface area contributed by atoms with E-state index in [1.165, 1.54) is 27.7 Å². The van der Waals surface area contributed by atoms with Crippen LogP contribution in [0, 0.1) is 0 Å². The van der Waals surface area contributed by atoms with Crippen LogP contribution >= 0.6 is 0 Å². The topological polar surface area (TPSA) is 17.8 Å². The molecule has 0 radical (unpaired) electrons. The third kappa shape index (κ3) is 2.34. The molecule has 102 valence electrons. The maximum absolute atomic E-state index is 4.72. The lowest BCUT2D eigenvalue weighted by molar-refractivity contribution is 0.643. The Labute approximate surface area is 120 Å². The van der Waals surface area contributed by atoms with Crippen LogP contribution in [-0.2, 0) is 19.4 Å². The Morgan fingerprint density at radius 3 is 2.55 bits per heavy atom. The van der Waals surface area contributed by atoms with Crippen LogP contribution in [-0.4, -0.2) is 9.78 Å². The zero-order valence-corrected chi connectivity index (χ0v) is 12.1. The Morgan fingerprint density at radius 1 is 0.950 bits per heavy atom. The Bertz CT molecular complexity index is 720. The van der Waals surface area contributed by atoms with Crippen molar-refractivity contribution in [3.63, 3.8) is 0 Å². The van der Waals surface area contributed by atoms with Crippen molar-refractivity contribution in [3.05, 3.63) is 65.5 Å². The second kappa shape index (κ2) is 5.49. The summed E-state index contributed by atoms with van der Waals surface area (Å²) < 4.78 is 2.15. The molecule has 0 aliphatic heterocycles. The fraction of sp³-hybridized carbons (Fsp3) is 0.278. The average molecular weight is 264 g/mol. The lowest BCUT2D eigenvalue weighted by Gasteiger charge is -2.09. The van der Waals surface area contributed by atoms with Crippen LogP contribution in [0.3, 0.4) is 0 Å². The fourth-order valence-corrected chi connectivity index (χ4v) is 2.70. The molecule has 2 nitrogen and oxygen atoms in total. The highest BCUT2D eigenvalue weighted by Gasteiger charge is 2.07. The summed E-state index contributed by atoms with van der Waals surface area (Å²) in [5.41, 5.74) is 3.83. The number of hydrogen-bond donors (Lipinski definition) is 0. The quantitative estimate of drug-likeness (QED) is 0.690. The first-order valence-electron chi connectivity index (χ1n) is 7.34. The molecular formula is C18H20N2. The number of hydrogen-bond acceptors (Lipinski definition) is 1. The lowest BCUT2D eigenvalue weighted by atomic mass is 10.0. The zero-order valence-electron chi connectivity index (χ0n) is 12.1. The highest BCUT2D eigenvalue weighted by Crippen LogP contribution is 2.20. The van der Waals surface area contributed by atoms with E-state index in [1.807, 2.05) is 0 Å². The molecule has 1 heterocycles. The highest BCUT2D eigenvalue weighted by atomic mass is 15.3. The average Bonchev–Trinajstić information content (AvgIpc) is 2.90. The summed E-state index contributed by atoms with van der Waals surface area (Å²) in [6, 6.07) is 17.3. The van der Waals surface area contributed by atoms with Gasteiger partial charge < -0.3 is 0 Å². The maximum Gasteiger partial charge on any atom is 0.0668 e. The van der Waals surface area contributed by atoms with Crippen LogP contribution in [0.5, 0.6) is 0 Å². The predicted molar refractivity (Wildman–Crippen MR) is 84.0 cm³/mol. The molecular weight excluding hydrogens is 244 g/mol. The molecule has 0 unspecified atom stereocenters. The van der Waals surface area contributed by atoms with Gasteiger partial charge in [0.15, 0.2) is 0 Å². The van der Waals surface area contributed by atoms with Gasteiger partial charge in [0.2, 0.25) is 0 Å². The number of fused-ring (bicyclic) bond motifs is 1. The van der Waals surface area contributed by atoms with Crippen molar-refractivity contribution in [3.8, 4) is 0 Å². The van der Waals surface area contributed by atoms with Crippen LogP contribution in [0.25, 0.3) is 10.8 Å². The highest BCUT2D eigenvalue weighted by molar-refractivity contribution is 5.85. The molecule has 0 N–H and O–H groups in total. The molecule has 20 heavy (non-hydrogen) atoms. The molecule has 0 aliphatic rings. The van der Waals surface area contributed by atoms with E-state index in [0.717, 1.165) is 19.4 Å². The molecule has 0 saturated carbocycles. The van der Waals surface area contributed by atoms with E-state index in [1.54, 1.807) is 0 Å². The minimum atomic E-state index is 0.852. The second-order valence-electron chi connectivity index (χ2n) is 5.13. The van der Waals surface area contributed by atoms with Crippen LogP contribution in [0.4, 0.5) is 0 Å². The summed E-state index contributed by atoms with van der Waals surface area (Å²) in [5, 5.41) is 7.34. The predicted octanol–water partition coefficient (Wildman–Crippen LogP) is 4.21. The fourth-order valence-electron chi connectivity index (χ4n) is 2.70. The van der Waals surface area contributed by atoms with Gasteiger partial charge in [0, 0.05) is 5.69 Å². The van der Waals surface area contributed by atoms with Crippen molar-refractivity contribution >= 4 is 10.8 Å². The third-order valence-corrected chi connectivity index (χ3v) is 3.84. The molecule has 1 aromatic heterocycles. The van der Waals surface area contributed by atoms with Gasteiger partial charge in [-0.3, -0.25) is 4.68 Å². The summed E-state index contributed by atoms with van der Waals surface area (Å²) in [6.45, 7) is 5.20. The normalized spacial score (nSPS) is 11.1. The minimum Gasteiger partial charge on any atom is -0.265 e. The van der Waals surface area contributed by atoms with Gasteiger partial charge in [-0.15, -0.1) is 0 Å². The van der Waals surface area contributed by atoms with Crippen LogP contribution in [0.1, 0.15) is 30.8 Å². The van der Waals surface area contributed by atoms with Crippen LogP contribution in [0.2, 0.25) is 0 Å². The maximum atomic E-state index is 4.72. The Balaban J connectivity index is 2.03. The summed E-state index contributed by atoms with van der Waals surface area (Å²) in [6.07, 6.45) is 2.02. The third-order valence-electron chi connectivity index (χ3n) is 3.84. The van der Waals surface area contributed by atoms with Gasteiger partial charge in [0.05, 0.1) is 12.2 Å². The van der Waals surface area contributed by atoms with Crippen molar-refractivity contribution in [1.29, 1.82) is 0 Å². The van der Waals surface area contributed by atoms with Gasteiger partial charge in [0.1, 0.15) is 0 Å². The molecule has 0 bridgehead atoms. The zero-order chi connectivity index (χ0) is 13.9. The van der Waals surface area contributed by atoms with Gasteiger partial charge in [-0.1, -0.05) is 56.3 Å². The SMILES string of the molecule is CCc1cc(CC)n(Cc2cccc3ccccc23)n1. The van der Waals surface area contributed by atoms with E-state index in [2.05, 4.69) is 67.1 Å². The Hall–Kier alpha value is -2.09. The van der Waals surface area contributed by atoms with Gasteiger partial charge in [-0.05, 0) is 35.2 Å². The first-order chi connectivity index (χ1) is 9.81. The molecule has 0 spiro atoms. The van der Waals surface area contributed by atoms with Crippen molar-refractivity contribution in [2.75, 3.05) is 0 Å². The number of rotatable bonds is 4. The number of aromatic nitrogens is 2. The van der Waals surface area contributed by atoms with Gasteiger partial charge in [0.25, 0.3) is 0 Å². The molecule has 2 aromatic carbocycles. The first-order valence-corrected chi connectivity index (χ1v) is 7.34. The molecule has 0 fully saturated rings. The van der Waals surface area contributed by atoms with Crippen molar-refractivity contribution < 1.29 is 0 Å². The molecule has 2 heteroatoms. The van der Waals surface area contributed by atoms with Crippen LogP contribution < -0.4 is 0 Å². The van der Waals surface area contributed by atoms with Gasteiger partial charge in [-0.25, -0.2) is 0 Å². The van der Waals surface area contributed by atoms with E-state index >= 15 is 0 Å². The van der Waals surface area contributed by atoms with E-state index < -0.39 is 0 Å². The molecule has 3 aromatic rings. The summed E-state index contributed by atoms with van der Waals surface area (Å²) in [7, 11) is 0. The number of nitrogens with zero attached hydrogens (tertiary/aromatic N) is 2. The Kier molecular flexibility index (Phi) is 3.55. The van der Waals surface area contributed by atoms with E-state index in [9.17, 15) is 0 Å². The van der Waals surface area contributed by atoms with E-state index in [-0.39, 0.29) is 0 Å². The summed E-state index contributed by atoms with van der Waals surface area (Å²) in [4.78, 5) is 0. The molecule has 0 amide bonds. The monoisotopic (exact) mass is 264 g/mol. The Morgan fingerprint density at radius 2 is 1.75 bits per heavy atom. The number of benzene rings is 2. The second-order valence-corrected chi connectivity index (χ2v) is 5.13. The molecule has 0 aliphatic carbocycles. The van der Waals surface area contributed by atoms with E-state index in [4.69, 9.17) is 5.10 Å². The molecule has 0 saturated heterocycles. The van der Waals surface area contributed by atoms with Crippen molar-refractivity contribution in [2.24, 2.45) is 0 Å². The van der Waals surface area contributed by atoms with Gasteiger partial charge >= 0.3 is 0 Å². The number of aryl methyl sites for hydroxylation is 2. The van der Waals surface area contributed by atoms with E-state index in [0.29, 0.717) is 0 Å². The standard InChI is InChI=1S/C18H20N2/c1-3-16-12-17(4-2)20(19-16)13-15-10-7-9-14-8-5-6-11-18(14)15/h5-12H,3-4,13H2,1-2H3. The minimum absolute atomic E-state index is 0.852. The van der Waals surface area contributed by atoms with Crippen LogP contribution in [0.15, 0.2) is 48.5 Å². The molecule has 0 atom stereocenters. The largest absolute Gasteiger partial charge is 0.265 e. The van der Waals surface area contributed by atoms with Crippen molar-refractivity contribution in [1.82, 2.24) is 9.78 Å². The van der Waals surface area contributed by atoms with Gasteiger partial charge in [-0.2, -0.15) is 5.10 Å². The smallest absolute Gasteiger partial charge is 0.0668 e. The summed E-state index contributed by atoms with van der Waals surface area (Å²) >= 11 is 0. The lowest BCUT2D eigenvalue weighted by Crippen LogP contribution is -2.06. The summed E-state index contributed by atoms with van der Waals surface area (Å²) in [5.74, 6) is 0. The first kappa shape index (κ1) is 12.9.